The topological polar surface area (TPSA) is 86.0 Å². The van der Waals surface area contributed by atoms with E-state index in [9.17, 15) is 14.4 Å². The zero-order valence-electron chi connectivity index (χ0n) is 15.1. The van der Waals surface area contributed by atoms with Crippen LogP contribution < -0.4 is 11.1 Å². The van der Waals surface area contributed by atoms with Gasteiger partial charge in [0.25, 0.3) is 5.91 Å². The van der Waals surface area contributed by atoms with Gasteiger partial charge in [-0.25, -0.2) is 0 Å². The van der Waals surface area contributed by atoms with Crippen molar-refractivity contribution in [2.45, 2.75) is 25.2 Å². The molecule has 1 atom stereocenters. The molecule has 1 aromatic heterocycles. The maximum absolute atomic E-state index is 13.1. The SMILES string of the molecule is C[C@]1(c2ccccc2)CCCN(C(=O)c2ccc3[nH]c(=O)c(=O)[nH]c3c2)C1. The van der Waals surface area contributed by atoms with Crippen molar-refractivity contribution in [1.29, 1.82) is 0 Å². The summed E-state index contributed by atoms with van der Waals surface area (Å²) in [5, 5.41) is 0. The summed E-state index contributed by atoms with van der Waals surface area (Å²) in [4.78, 5) is 43.0. The number of amides is 1. The molecule has 1 aliphatic heterocycles. The van der Waals surface area contributed by atoms with Crippen molar-refractivity contribution < 1.29 is 4.79 Å². The molecule has 1 fully saturated rings. The second-order valence-corrected chi connectivity index (χ2v) is 7.43. The fourth-order valence-electron chi connectivity index (χ4n) is 3.92. The first kappa shape index (κ1) is 17.3. The highest BCUT2D eigenvalue weighted by Gasteiger charge is 2.34. The minimum atomic E-state index is -0.721. The minimum Gasteiger partial charge on any atom is -0.338 e. The van der Waals surface area contributed by atoms with E-state index in [1.165, 1.54) is 5.56 Å². The van der Waals surface area contributed by atoms with Crippen LogP contribution in [0, 0.1) is 0 Å². The van der Waals surface area contributed by atoms with Crippen molar-refractivity contribution in [3.63, 3.8) is 0 Å². The molecule has 0 bridgehead atoms. The van der Waals surface area contributed by atoms with E-state index in [1.54, 1.807) is 18.2 Å². The van der Waals surface area contributed by atoms with Gasteiger partial charge in [-0.05, 0) is 36.6 Å². The molecule has 0 aliphatic carbocycles. The molecule has 0 saturated carbocycles. The van der Waals surface area contributed by atoms with E-state index in [-0.39, 0.29) is 11.3 Å². The summed E-state index contributed by atoms with van der Waals surface area (Å²) in [7, 11) is 0. The number of aromatic nitrogens is 2. The Bertz CT molecular complexity index is 1120. The molecule has 2 heterocycles. The second-order valence-electron chi connectivity index (χ2n) is 7.43. The lowest BCUT2D eigenvalue weighted by molar-refractivity contribution is 0.0651. The van der Waals surface area contributed by atoms with Crippen molar-refractivity contribution >= 4 is 16.9 Å². The van der Waals surface area contributed by atoms with Crippen LogP contribution in [-0.4, -0.2) is 33.9 Å². The third kappa shape index (κ3) is 3.18. The molecule has 27 heavy (non-hydrogen) atoms. The van der Waals surface area contributed by atoms with Crippen molar-refractivity contribution in [1.82, 2.24) is 14.9 Å². The van der Waals surface area contributed by atoms with Crippen molar-refractivity contribution in [3.8, 4) is 0 Å². The Hall–Kier alpha value is -3.15. The number of carbonyl (C=O) groups excluding carboxylic acids is 1. The van der Waals surface area contributed by atoms with Gasteiger partial charge in [0.1, 0.15) is 0 Å². The van der Waals surface area contributed by atoms with Gasteiger partial charge in [-0.1, -0.05) is 37.3 Å². The fourth-order valence-corrected chi connectivity index (χ4v) is 3.92. The highest BCUT2D eigenvalue weighted by molar-refractivity contribution is 5.97. The van der Waals surface area contributed by atoms with Gasteiger partial charge in [0, 0.05) is 24.1 Å². The first-order chi connectivity index (χ1) is 13.0. The van der Waals surface area contributed by atoms with Crippen molar-refractivity contribution in [3.05, 3.63) is 80.4 Å². The molecule has 0 spiro atoms. The summed E-state index contributed by atoms with van der Waals surface area (Å²) in [6.07, 6.45) is 1.97. The highest BCUT2D eigenvalue weighted by Crippen LogP contribution is 2.34. The third-order valence-electron chi connectivity index (χ3n) is 5.42. The van der Waals surface area contributed by atoms with Crippen LogP contribution in [0.3, 0.4) is 0 Å². The molecule has 0 unspecified atom stereocenters. The number of carbonyl (C=O) groups is 1. The van der Waals surface area contributed by atoms with Crippen LogP contribution in [0.15, 0.2) is 58.1 Å². The normalized spacial score (nSPS) is 20.0. The summed E-state index contributed by atoms with van der Waals surface area (Å²) in [5.41, 5.74) is 1.20. The average molecular weight is 363 g/mol. The number of hydrogen-bond acceptors (Lipinski definition) is 3. The van der Waals surface area contributed by atoms with Gasteiger partial charge in [-0.3, -0.25) is 14.4 Å². The Morgan fingerprint density at radius 3 is 2.44 bits per heavy atom. The van der Waals surface area contributed by atoms with E-state index in [0.29, 0.717) is 29.7 Å². The van der Waals surface area contributed by atoms with Gasteiger partial charge in [0.05, 0.1) is 11.0 Å². The van der Waals surface area contributed by atoms with Gasteiger partial charge >= 0.3 is 11.1 Å². The van der Waals surface area contributed by atoms with E-state index in [1.807, 2.05) is 23.1 Å². The lowest BCUT2D eigenvalue weighted by atomic mass is 9.76. The summed E-state index contributed by atoms with van der Waals surface area (Å²) in [6.45, 7) is 3.56. The van der Waals surface area contributed by atoms with Crippen LogP contribution in [-0.2, 0) is 5.41 Å². The molecule has 4 rings (SSSR count). The van der Waals surface area contributed by atoms with E-state index in [0.717, 1.165) is 12.8 Å². The molecule has 0 radical (unpaired) electrons. The quantitative estimate of drug-likeness (QED) is 0.686. The van der Waals surface area contributed by atoms with Crippen LogP contribution in [0.2, 0.25) is 0 Å². The van der Waals surface area contributed by atoms with Crippen molar-refractivity contribution in [2.75, 3.05) is 13.1 Å². The van der Waals surface area contributed by atoms with Crippen LogP contribution in [0.25, 0.3) is 11.0 Å². The highest BCUT2D eigenvalue weighted by atomic mass is 16.2. The summed E-state index contributed by atoms with van der Waals surface area (Å²) in [5.74, 6) is -0.0641. The Morgan fingerprint density at radius 1 is 1.00 bits per heavy atom. The molecule has 1 amide bonds. The predicted molar refractivity (Wildman–Crippen MR) is 104 cm³/mol. The smallest absolute Gasteiger partial charge is 0.314 e. The van der Waals surface area contributed by atoms with Crippen LogP contribution in [0.4, 0.5) is 0 Å². The maximum atomic E-state index is 13.1. The monoisotopic (exact) mass is 363 g/mol. The lowest BCUT2D eigenvalue weighted by Crippen LogP contribution is -2.47. The van der Waals surface area contributed by atoms with Crippen molar-refractivity contribution in [2.24, 2.45) is 0 Å². The molecule has 3 aromatic rings. The number of benzene rings is 2. The number of fused-ring (bicyclic) bond motifs is 1. The molecule has 1 saturated heterocycles. The number of nitrogens with one attached hydrogen (secondary N) is 2. The van der Waals surface area contributed by atoms with Crippen LogP contribution >= 0.6 is 0 Å². The Balaban J connectivity index is 1.64. The van der Waals surface area contributed by atoms with Gasteiger partial charge < -0.3 is 14.9 Å². The Morgan fingerprint density at radius 2 is 1.70 bits per heavy atom. The number of likely N-dealkylation sites (tertiary alicyclic amines) is 1. The number of piperidine rings is 1. The van der Waals surface area contributed by atoms with Gasteiger partial charge in [0.15, 0.2) is 0 Å². The predicted octanol–water partition coefficient (Wildman–Crippen LogP) is 2.41. The number of rotatable bonds is 2. The minimum absolute atomic E-state index is 0.0641. The zero-order valence-corrected chi connectivity index (χ0v) is 15.1. The van der Waals surface area contributed by atoms with Gasteiger partial charge in [0.2, 0.25) is 0 Å². The third-order valence-corrected chi connectivity index (χ3v) is 5.42. The molecule has 2 N–H and O–H groups in total. The van der Waals surface area contributed by atoms with Crippen LogP contribution in [0.1, 0.15) is 35.7 Å². The van der Waals surface area contributed by atoms with Gasteiger partial charge in [-0.15, -0.1) is 0 Å². The maximum Gasteiger partial charge on any atom is 0.314 e. The largest absolute Gasteiger partial charge is 0.338 e. The molecular weight excluding hydrogens is 342 g/mol. The Kier molecular flexibility index (Phi) is 4.18. The van der Waals surface area contributed by atoms with E-state index in [2.05, 4.69) is 29.0 Å². The number of H-pyrrole nitrogens is 2. The summed E-state index contributed by atoms with van der Waals surface area (Å²) < 4.78 is 0. The summed E-state index contributed by atoms with van der Waals surface area (Å²) in [6, 6.07) is 15.3. The first-order valence-electron chi connectivity index (χ1n) is 9.07. The molecule has 6 nitrogen and oxygen atoms in total. The molecule has 1 aliphatic rings. The standard InChI is InChI=1S/C21H21N3O3/c1-21(15-6-3-2-4-7-15)10-5-11-24(13-21)20(27)14-8-9-16-17(12-14)23-19(26)18(25)22-16/h2-4,6-9,12H,5,10-11,13H2,1H3,(H,22,25)(H,23,26)/t21-/m0/s1. The fraction of sp³-hybridized carbons (Fsp3) is 0.286. The number of hydrogen-bond donors (Lipinski definition) is 2. The van der Waals surface area contributed by atoms with Crippen LogP contribution in [0.5, 0.6) is 0 Å². The van der Waals surface area contributed by atoms with E-state index >= 15 is 0 Å². The number of nitrogens with zero attached hydrogens (tertiary/aromatic N) is 1. The van der Waals surface area contributed by atoms with E-state index in [4.69, 9.17) is 0 Å². The number of aromatic amines is 2. The Labute approximate surface area is 155 Å². The summed E-state index contributed by atoms with van der Waals surface area (Å²) >= 11 is 0. The molecule has 138 valence electrons. The molecule has 6 heteroatoms. The van der Waals surface area contributed by atoms with E-state index < -0.39 is 11.1 Å². The molecule has 2 aromatic carbocycles. The lowest BCUT2D eigenvalue weighted by Gasteiger charge is -2.41. The zero-order chi connectivity index (χ0) is 19.0. The second kappa shape index (κ2) is 6.54. The molecular formula is C21H21N3O3. The average Bonchev–Trinajstić information content (AvgIpc) is 2.69. The van der Waals surface area contributed by atoms with Gasteiger partial charge in [-0.2, -0.15) is 0 Å². The first-order valence-corrected chi connectivity index (χ1v) is 9.07.